The fraction of sp³-hybridized carbons (Fsp3) is 0.222. The summed E-state index contributed by atoms with van der Waals surface area (Å²) in [6.07, 6.45) is -10.4. The topological polar surface area (TPSA) is 43.7 Å². The van der Waals surface area contributed by atoms with Crippen LogP contribution in [0.5, 0.6) is 0 Å². The molecule has 0 spiro atoms. The third kappa shape index (κ3) is 11.2. The molecule has 0 aliphatic carbocycles. The van der Waals surface area contributed by atoms with E-state index in [0.29, 0.717) is 0 Å². The van der Waals surface area contributed by atoms with Crippen molar-refractivity contribution in [3.8, 4) is 0 Å². The minimum atomic E-state index is -5.19. The number of hydrogen-bond donors (Lipinski definition) is 0. The first kappa shape index (κ1) is 24.3. The molecule has 0 bridgehead atoms. The Hall–Kier alpha value is -0.701. The molecule has 1 rings (SSSR count). The molecule has 0 amide bonds. The Bertz CT molecular complexity index is 360. The van der Waals surface area contributed by atoms with Crippen LogP contribution in [0.3, 0.4) is 0 Å². The molecule has 1 aromatic rings. The number of nitrogens with zero attached hydrogens (tertiary/aromatic N) is 1. The second-order valence-electron chi connectivity index (χ2n) is 2.34. The molecule has 0 aromatic heterocycles. The molecule has 1 aromatic carbocycles. The monoisotopic (exact) mass is 372 g/mol. The van der Waals surface area contributed by atoms with Crippen LogP contribution in [-0.2, 0) is 47.1 Å². The van der Waals surface area contributed by atoms with Crippen LogP contribution in [-0.4, -0.2) is 12.4 Å². The van der Waals surface area contributed by atoms with Gasteiger partial charge in [-0.25, -0.2) is 0 Å². The van der Waals surface area contributed by atoms with E-state index in [4.69, 9.17) is 10.2 Å². The summed E-state index contributed by atoms with van der Waals surface area (Å²) in [6.45, 7) is 0. The van der Waals surface area contributed by atoms with Crippen molar-refractivity contribution in [2.24, 2.45) is 0 Å². The van der Waals surface area contributed by atoms with Crippen molar-refractivity contribution in [2.45, 2.75) is 12.4 Å². The van der Waals surface area contributed by atoms with Crippen molar-refractivity contribution >= 4 is 25.3 Å². The van der Waals surface area contributed by atoms with Gasteiger partial charge in [0.1, 0.15) is 0 Å². The smallest absolute Gasteiger partial charge is 0 e. The second kappa shape index (κ2) is 11.0. The van der Waals surface area contributed by atoms with E-state index in [1.54, 1.807) is 6.07 Å². The molecule has 0 saturated carbocycles. The first-order valence-corrected chi connectivity index (χ1v) is 4.62. The first-order chi connectivity index (χ1) is 8.57. The van der Waals surface area contributed by atoms with Gasteiger partial charge in [0.15, 0.2) is 0 Å². The van der Waals surface area contributed by atoms with Gasteiger partial charge in [0.25, 0.3) is 0 Å². The zero-order valence-electron chi connectivity index (χ0n) is 8.90. The zero-order chi connectivity index (χ0) is 15.7. The molecule has 0 atom stereocenters. The van der Waals surface area contributed by atoms with Crippen LogP contribution in [0, 0.1) is 29.7 Å². The summed E-state index contributed by atoms with van der Waals surface area (Å²) in [4.78, 5) is -4.41. The van der Waals surface area contributed by atoms with Crippen molar-refractivity contribution in [2.75, 3.05) is 0 Å². The van der Waals surface area contributed by atoms with Gasteiger partial charge < -0.3 is 55.6 Å². The quantitative estimate of drug-likeness (QED) is 0.231. The molecule has 0 aliphatic rings. The molecule has 1 radical (unpaired) electrons. The van der Waals surface area contributed by atoms with E-state index in [0.717, 1.165) is 0 Å². The summed E-state index contributed by atoms with van der Waals surface area (Å²) < 4.78 is 76.3. The summed E-state index contributed by atoms with van der Waals surface area (Å²) in [5.74, 6) is 0. The van der Waals surface area contributed by atoms with Gasteiger partial charge in [-0.1, -0.05) is 0 Å². The van der Waals surface area contributed by atoms with E-state index in [1.807, 2.05) is 0 Å². The maximum absolute atomic E-state index is 11.5. The van der Waals surface area contributed by atoms with Gasteiger partial charge in [-0.05, 0) is 0 Å². The number of alkyl halides is 6. The number of allylic oxidation sites excluding steroid dienone is 2. The number of rotatable bonds is 0. The molecule has 115 valence electrons. The third-order valence-electron chi connectivity index (χ3n) is 1.07. The van der Waals surface area contributed by atoms with Crippen LogP contribution in [0.15, 0.2) is 15.9 Å². The molecule has 11 heteroatoms. The van der Waals surface area contributed by atoms with Crippen LogP contribution in [0.25, 0.3) is 0 Å². The van der Waals surface area contributed by atoms with Gasteiger partial charge >= 0.3 is 22.6 Å². The number of halogens is 6. The summed E-state index contributed by atoms with van der Waals surface area (Å²) in [5, 5.41) is 0. The second-order valence-corrected chi connectivity index (χ2v) is 3.15. The molecular weight excluding hydrogens is 371 g/mol. The van der Waals surface area contributed by atoms with E-state index in [-0.39, 0.29) is 17.1 Å². The maximum Gasteiger partial charge on any atom is 0 e. The van der Waals surface area contributed by atoms with E-state index < -0.39 is 22.2 Å². The Morgan fingerprint density at radius 3 is 1.20 bits per heavy atom. The Balaban J connectivity index is -0.000000300. The van der Waals surface area contributed by atoms with Crippen molar-refractivity contribution < 1.29 is 48.2 Å². The molecule has 2 nitrogen and oxygen atoms in total. The molecule has 20 heavy (non-hydrogen) atoms. The van der Waals surface area contributed by atoms with E-state index >= 15 is 0 Å². The maximum atomic E-state index is 11.5. The van der Waals surface area contributed by atoms with Gasteiger partial charge in [-0.2, -0.15) is 26.3 Å². The summed E-state index contributed by atoms with van der Waals surface area (Å²) in [6, 6.07) is 12.0. The largest absolute Gasteiger partial charge is 0.999 e. The normalized spacial score (nSPS) is 11.6. The minimum absolute atomic E-state index is 0. The minimum Gasteiger partial charge on any atom is -0.999 e. The SMILES string of the molecule is FC(F)(F)C([S-])=C([S-])C(F)(F)F.N#[O+].[Mn].[c-]1[c-][c-][cH-][c-]1. The standard InChI is InChI=1S/C5H.C4H2F6S2.Mn.NO/c1-2-4-5-3-1;5-3(6,7)1(11)2(12)4(8,9)10;;1-2/h1H;11-12H;;/q-5;;;+1/p-2. The Morgan fingerprint density at radius 2 is 1.10 bits per heavy atom. The summed E-state index contributed by atoms with van der Waals surface area (Å²) in [7, 11) is 0. The first-order valence-electron chi connectivity index (χ1n) is 3.80. The predicted octanol–water partition coefficient (Wildman–Crippen LogP) is 2.92. The summed E-state index contributed by atoms with van der Waals surface area (Å²) in [5.41, 5.74) is 5.75. The molecule has 0 heterocycles. The number of hydrogen-bond acceptors (Lipinski definition) is 3. The molecule has 0 N–H and O–H groups in total. The van der Waals surface area contributed by atoms with Crippen LogP contribution >= 0.6 is 0 Å². The van der Waals surface area contributed by atoms with Crippen LogP contribution in [0.2, 0.25) is 0 Å². The van der Waals surface area contributed by atoms with Gasteiger partial charge in [0, 0.05) is 17.1 Å². The average molecular weight is 372 g/mol. The molecule has 0 fully saturated rings. The van der Waals surface area contributed by atoms with Crippen molar-refractivity contribution in [3.63, 3.8) is 0 Å². The van der Waals surface area contributed by atoms with E-state index in [2.05, 4.69) is 49.5 Å². The van der Waals surface area contributed by atoms with E-state index in [9.17, 15) is 26.3 Å². The average Bonchev–Trinajstić information content (AvgIpc) is 2.86. The Kier molecular flexibility index (Phi) is 13.4. The fourth-order valence-electron chi connectivity index (χ4n) is 0.438. The van der Waals surface area contributed by atoms with Crippen LogP contribution < -0.4 is 0 Å². The van der Waals surface area contributed by atoms with Crippen molar-refractivity contribution in [1.29, 1.82) is 5.46 Å². The van der Waals surface area contributed by atoms with Gasteiger partial charge in [0.05, 0.1) is 0 Å². The molecular formula is C9HF6MnNOS2-6. The van der Waals surface area contributed by atoms with Crippen molar-refractivity contribution in [3.05, 3.63) is 40.1 Å². The Morgan fingerprint density at radius 1 is 0.850 bits per heavy atom. The predicted molar refractivity (Wildman–Crippen MR) is 53.7 cm³/mol. The van der Waals surface area contributed by atoms with Crippen molar-refractivity contribution in [1.82, 2.24) is 0 Å². The van der Waals surface area contributed by atoms with Crippen LogP contribution in [0.4, 0.5) is 26.3 Å². The summed E-state index contributed by atoms with van der Waals surface area (Å²) >= 11 is 6.95. The van der Waals surface area contributed by atoms with Gasteiger partial charge in [-0.3, -0.25) is 0 Å². The molecule has 0 aliphatic heterocycles. The van der Waals surface area contributed by atoms with Gasteiger partial charge in [-0.15, -0.1) is 9.81 Å². The molecule has 0 unspecified atom stereocenters. The zero-order valence-corrected chi connectivity index (χ0v) is 11.7. The van der Waals surface area contributed by atoms with E-state index in [1.165, 1.54) is 0 Å². The molecule has 0 saturated heterocycles. The van der Waals surface area contributed by atoms with Gasteiger partial charge in [0.2, 0.25) is 0 Å². The third-order valence-corrected chi connectivity index (χ3v) is 2.07. The Labute approximate surface area is 131 Å². The van der Waals surface area contributed by atoms with Crippen LogP contribution in [0.1, 0.15) is 0 Å². The fourth-order valence-corrected chi connectivity index (χ4v) is 0.669.